The molecular formula is C17H17BrCl2O. The molecule has 0 aliphatic rings. The fourth-order valence-electron chi connectivity index (χ4n) is 2.11. The molecule has 2 aromatic rings. The Hall–Kier alpha value is -0.700. The van der Waals surface area contributed by atoms with Crippen LogP contribution in [-0.4, -0.2) is 12.5 Å². The lowest BCUT2D eigenvalue weighted by atomic mass is 9.98. The average molecular weight is 388 g/mol. The zero-order valence-corrected chi connectivity index (χ0v) is 14.7. The molecule has 4 heteroatoms. The first-order valence-corrected chi connectivity index (χ1v) is 8.56. The summed E-state index contributed by atoms with van der Waals surface area (Å²) < 4.78 is 6.80. The fraction of sp³-hybridized carbons (Fsp3) is 0.294. The van der Waals surface area contributed by atoms with E-state index in [2.05, 4.69) is 22.0 Å². The summed E-state index contributed by atoms with van der Waals surface area (Å²) in [6.45, 7) is 0.666. The second-order valence-electron chi connectivity index (χ2n) is 4.95. The molecule has 1 unspecified atom stereocenters. The van der Waals surface area contributed by atoms with E-state index in [0.29, 0.717) is 18.4 Å². The number of alkyl halides is 1. The van der Waals surface area contributed by atoms with Gasteiger partial charge in [-0.2, -0.15) is 0 Å². The zero-order chi connectivity index (χ0) is 15.1. The van der Waals surface area contributed by atoms with E-state index in [4.69, 9.17) is 27.9 Å². The molecule has 2 aromatic carbocycles. The van der Waals surface area contributed by atoms with Gasteiger partial charge in [0.15, 0.2) is 0 Å². The molecule has 0 radical (unpaired) electrons. The van der Waals surface area contributed by atoms with E-state index in [0.717, 1.165) is 28.1 Å². The Bertz CT molecular complexity index is 557. The van der Waals surface area contributed by atoms with Gasteiger partial charge in [0.25, 0.3) is 0 Å². The van der Waals surface area contributed by atoms with Gasteiger partial charge in [-0.1, -0.05) is 39.7 Å². The summed E-state index contributed by atoms with van der Waals surface area (Å²) in [5, 5.41) is 0.770. The van der Waals surface area contributed by atoms with Crippen LogP contribution in [0.2, 0.25) is 5.02 Å². The Morgan fingerprint density at radius 1 is 1.10 bits per heavy atom. The third-order valence-corrected chi connectivity index (χ3v) is 4.44. The molecule has 0 heterocycles. The number of ether oxygens (including phenoxy) is 1. The summed E-state index contributed by atoms with van der Waals surface area (Å²) in [5.74, 6) is 1.89. The van der Waals surface area contributed by atoms with Crippen molar-refractivity contribution in [3.8, 4) is 5.75 Å². The molecule has 21 heavy (non-hydrogen) atoms. The van der Waals surface area contributed by atoms with Crippen LogP contribution in [0.1, 0.15) is 12.0 Å². The molecule has 1 atom stereocenters. The predicted octanol–water partition coefficient (Wildman–Crippen LogP) is 5.97. The molecular weight excluding hydrogens is 371 g/mol. The second-order valence-corrected chi connectivity index (χ2v) is 6.61. The van der Waals surface area contributed by atoms with Crippen molar-refractivity contribution in [1.29, 1.82) is 0 Å². The molecule has 0 amide bonds. The summed E-state index contributed by atoms with van der Waals surface area (Å²) in [6.07, 6.45) is 1.85. The van der Waals surface area contributed by atoms with E-state index >= 15 is 0 Å². The van der Waals surface area contributed by atoms with Crippen LogP contribution in [0.5, 0.6) is 5.75 Å². The lowest BCUT2D eigenvalue weighted by Crippen LogP contribution is -2.11. The maximum absolute atomic E-state index is 6.07. The number of halogens is 3. The van der Waals surface area contributed by atoms with Crippen molar-refractivity contribution >= 4 is 39.1 Å². The van der Waals surface area contributed by atoms with Crippen LogP contribution >= 0.6 is 39.1 Å². The van der Waals surface area contributed by atoms with Crippen LogP contribution in [0.4, 0.5) is 0 Å². The predicted molar refractivity (Wildman–Crippen MR) is 93.6 cm³/mol. The highest BCUT2D eigenvalue weighted by molar-refractivity contribution is 9.10. The van der Waals surface area contributed by atoms with Crippen molar-refractivity contribution in [3.05, 3.63) is 63.6 Å². The molecule has 0 saturated carbocycles. The first kappa shape index (κ1) is 16.7. The maximum atomic E-state index is 6.07. The van der Waals surface area contributed by atoms with Gasteiger partial charge in [-0.3, -0.25) is 0 Å². The summed E-state index contributed by atoms with van der Waals surface area (Å²) in [7, 11) is 0. The monoisotopic (exact) mass is 386 g/mol. The highest BCUT2D eigenvalue weighted by atomic mass is 79.9. The Balaban J connectivity index is 1.81. The van der Waals surface area contributed by atoms with Gasteiger partial charge in [0.1, 0.15) is 5.75 Å². The first-order valence-electron chi connectivity index (χ1n) is 6.86. The first-order chi connectivity index (χ1) is 10.2. The maximum Gasteiger partial charge on any atom is 0.119 e. The Morgan fingerprint density at radius 2 is 1.86 bits per heavy atom. The summed E-state index contributed by atoms with van der Waals surface area (Å²) in [5.41, 5.74) is 1.22. The quantitative estimate of drug-likeness (QED) is 0.531. The topological polar surface area (TPSA) is 9.23 Å². The van der Waals surface area contributed by atoms with E-state index in [1.807, 2.05) is 42.5 Å². The van der Waals surface area contributed by atoms with Crippen molar-refractivity contribution < 1.29 is 4.74 Å². The molecule has 0 fully saturated rings. The molecule has 0 aliphatic carbocycles. The van der Waals surface area contributed by atoms with Gasteiger partial charge in [0, 0.05) is 15.4 Å². The fourth-order valence-corrected chi connectivity index (χ4v) is 2.85. The van der Waals surface area contributed by atoms with Crippen LogP contribution < -0.4 is 4.74 Å². The largest absolute Gasteiger partial charge is 0.494 e. The molecule has 112 valence electrons. The van der Waals surface area contributed by atoms with Crippen LogP contribution in [0.15, 0.2) is 53.0 Å². The summed E-state index contributed by atoms with van der Waals surface area (Å²) in [4.78, 5) is 0. The van der Waals surface area contributed by atoms with Gasteiger partial charge in [-0.05, 0) is 60.7 Å². The molecule has 0 spiro atoms. The van der Waals surface area contributed by atoms with Crippen LogP contribution in [-0.2, 0) is 6.42 Å². The third kappa shape index (κ3) is 5.90. The Labute approximate surface area is 144 Å². The second kappa shape index (κ2) is 8.67. The summed E-state index contributed by atoms with van der Waals surface area (Å²) in [6, 6.07) is 15.8. The standard InChI is InChI=1S/C17H17BrCl2O/c18-15-4-6-17(7-5-15)21-9-8-14(12-19)10-13-2-1-3-16(20)11-13/h1-7,11,14H,8-10,12H2. The van der Waals surface area contributed by atoms with Crippen LogP contribution in [0.3, 0.4) is 0 Å². The lowest BCUT2D eigenvalue weighted by molar-refractivity contribution is 0.284. The van der Waals surface area contributed by atoms with Gasteiger partial charge in [-0.15, -0.1) is 11.6 Å². The normalized spacial score (nSPS) is 12.1. The van der Waals surface area contributed by atoms with Crippen molar-refractivity contribution in [2.75, 3.05) is 12.5 Å². The van der Waals surface area contributed by atoms with Crippen molar-refractivity contribution in [3.63, 3.8) is 0 Å². The molecule has 0 saturated heterocycles. The minimum absolute atomic E-state index is 0.389. The van der Waals surface area contributed by atoms with Crippen molar-refractivity contribution in [2.24, 2.45) is 5.92 Å². The van der Waals surface area contributed by atoms with Gasteiger partial charge in [-0.25, -0.2) is 0 Å². The Kier molecular flexibility index (Phi) is 6.88. The minimum atomic E-state index is 0.389. The van der Waals surface area contributed by atoms with Gasteiger partial charge in [0.2, 0.25) is 0 Å². The average Bonchev–Trinajstić information content (AvgIpc) is 2.48. The van der Waals surface area contributed by atoms with E-state index in [9.17, 15) is 0 Å². The highest BCUT2D eigenvalue weighted by Crippen LogP contribution is 2.20. The molecule has 0 aromatic heterocycles. The van der Waals surface area contributed by atoms with Crippen LogP contribution in [0.25, 0.3) is 0 Å². The number of hydrogen-bond donors (Lipinski definition) is 0. The summed E-state index contributed by atoms with van der Waals surface area (Å²) >= 11 is 15.5. The van der Waals surface area contributed by atoms with Gasteiger partial charge >= 0.3 is 0 Å². The van der Waals surface area contributed by atoms with Crippen LogP contribution in [0, 0.1) is 5.92 Å². The number of hydrogen-bond acceptors (Lipinski definition) is 1. The molecule has 0 aliphatic heterocycles. The van der Waals surface area contributed by atoms with E-state index in [1.54, 1.807) is 0 Å². The zero-order valence-electron chi connectivity index (χ0n) is 11.6. The van der Waals surface area contributed by atoms with E-state index < -0.39 is 0 Å². The minimum Gasteiger partial charge on any atom is -0.494 e. The van der Waals surface area contributed by atoms with Crippen molar-refractivity contribution in [2.45, 2.75) is 12.8 Å². The SMILES string of the molecule is ClCC(CCOc1ccc(Br)cc1)Cc1cccc(Cl)c1. The molecule has 0 bridgehead atoms. The van der Waals surface area contributed by atoms with Crippen molar-refractivity contribution in [1.82, 2.24) is 0 Å². The molecule has 0 N–H and O–H groups in total. The lowest BCUT2D eigenvalue weighted by Gasteiger charge is -2.15. The Morgan fingerprint density at radius 3 is 2.52 bits per heavy atom. The molecule has 2 rings (SSSR count). The number of benzene rings is 2. The highest BCUT2D eigenvalue weighted by Gasteiger charge is 2.09. The van der Waals surface area contributed by atoms with Gasteiger partial charge in [0.05, 0.1) is 6.61 Å². The smallest absolute Gasteiger partial charge is 0.119 e. The molecule has 1 nitrogen and oxygen atoms in total. The van der Waals surface area contributed by atoms with E-state index in [-0.39, 0.29) is 0 Å². The third-order valence-electron chi connectivity index (χ3n) is 3.24. The van der Waals surface area contributed by atoms with Gasteiger partial charge < -0.3 is 4.74 Å². The van der Waals surface area contributed by atoms with E-state index in [1.165, 1.54) is 5.56 Å². The number of rotatable bonds is 7.